The summed E-state index contributed by atoms with van der Waals surface area (Å²) in [6, 6.07) is 5.90. The molecule has 0 bridgehead atoms. The first-order chi connectivity index (χ1) is 8.18. The molecule has 1 heterocycles. The summed E-state index contributed by atoms with van der Waals surface area (Å²) in [5, 5.41) is 12.5. The maximum absolute atomic E-state index is 11.0. The van der Waals surface area contributed by atoms with Gasteiger partial charge in [0.2, 0.25) is 0 Å². The summed E-state index contributed by atoms with van der Waals surface area (Å²) in [7, 11) is 0. The van der Waals surface area contributed by atoms with E-state index in [1.165, 1.54) is 11.5 Å². The third-order valence-corrected chi connectivity index (χ3v) is 4.19. The number of nitrogens with one attached hydrogen (secondary N) is 1. The van der Waals surface area contributed by atoms with Gasteiger partial charge in [-0.3, -0.25) is 0 Å². The number of aromatic carboxylic acids is 1. The van der Waals surface area contributed by atoms with Gasteiger partial charge in [-0.1, -0.05) is 6.07 Å². The number of carboxylic acid groups (broad SMARTS) is 1. The van der Waals surface area contributed by atoms with Gasteiger partial charge >= 0.3 is 5.97 Å². The molecule has 3 nitrogen and oxygen atoms in total. The van der Waals surface area contributed by atoms with E-state index < -0.39 is 5.97 Å². The first-order valence-electron chi connectivity index (χ1n) is 5.85. The van der Waals surface area contributed by atoms with Crippen LogP contribution < -0.4 is 5.32 Å². The van der Waals surface area contributed by atoms with Crippen LogP contribution in [0.5, 0.6) is 0 Å². The van der Waals surface area contributed by atoms with Gasteiger partial charge in [0.05, 0.1) is 5.56 Å². The van der Waals surface area contributed by atoms with E-state index in [2.05, 4.69) is 5.32 Å². The monoisotopic (exact) mass is 251 g/mol. The molecule has 4 heteroatoms. The number of carboxylic acids is 1. The van der Waals surface area contributed by atoms with Crippen molar-refractivity contribution in [3.05, 3.63) is 29.3 Å². The van der Waals surface area contributed by atoms with Gasteiger partial charge in [0, 0.05) is 11.7 Å². The predicted octanol–water partition coefficient (Wildman–Crippen LogP) is 3.00. The third kappa shape index (κ3) is 2.94. The quantitative estimate of drug-likeness (QED) is 0.867. The summed E-state index contributed by atoms with van der Waals surface area (Å²) in [5.74, 6) is 1.52. The number of anilines is 1. The number of carbonyl (C=O) groups is 1. The van der Waals surface area contributed by atoms with Gasteiger partial charge in [-0.05, 0) is 49.0 Å². The van der Waals surface area contributed by atoms with Crippen molar-refractivity contribution in [1.82, 2.24) is 0 Å². The molecule has 1 saturated heterocycles. The van der Waals surface area contributed by atoms with E-state index in [9.17, 15) is 4.79 Å². The average molecular weight is 251 g/mol. The Morgan fingerprint density at radius 3 is 2.76 bits per heavy atom. The van der Waals surface area contributed by atoms with Crippen LogP contribution in [0.2, 0.25) is 0 Å². The Morgan fingerprint density at radius 2 is 2.12 bits per heavy atom. The number of thioether (sulfide) groups is 1. The van der Waals surface area contributed by atoms with Gasteiger partial charge in [0.25, 0.3) is 0 Å². The molecule has 0 atom stereocenters. The van der Waals surface area contributed by atoms with Crippen molar-refractivity contribution in [3.8, 4) is 0 Å². The highest BCUT2D eigenvalue weighted by atomic mass is 32.2. The van der Waals surface area contributed by atoms with E-state index in [0.29, 0.717) is 11.6 Å². The first kappa shape index (κ1) is 12.3. The standard InChI is InChI=1S/C13H17NO2S/c1-9-11(13(15)16)3-2-4-12(9)14-10-5-7-17-8-6-10/h2-4,10,14H,5-8H2,1H3,(H,15,16). The van der Waals surface area contributed by atoms with Crippen LogP contribution in [0.3, 0.4) is 0 Å². The van der Waals surface area contributed by atoms with E-state index in [1.54, 1.807) is 12.1 Å². The van der Waals surface area contributed by atoms with Crippen LogP contribution in [0, 0.1) is 6.92 Å². The van der Waals surface area contributed by atoms with Crippen molar-refractivity contribution >= 4 is 23.4 Å². The maximum Gasteiger partial charge on any atom is 0.336 e. The third-order valence-electron chi connectivity index (χ3n) is 3.15. The topological polar surface area (TPSA) is 49.3 Å². The van der Waals surface area contributed by atoms with Crippen LogP contribution in [0.15, 0.2) is 18.2 Å². The average Bonchev–Trinajstić information content (AvgIpc) is 2.33. The SMILES string of the molecule is Cc1c(NC2CCSCC2)cccc1C(=O)O. The van der Waals surface area contributed by atoms with Crippen molar-refractivity contribution in [3.63, 3.8) is 0 Å². The minimum atomic E-state index is -0.856. The van der Waals surface area contributed by atoms with Gasteiger partial charge in [-0.2, -0.15) is 11.8 Å². The van der Waals surface area contributed by atoms with E-state index in [0.717, 1.165) is 24.1 Å². The summed E-state index contributed by atoms with van der Waals surface area (Å²) in [4.78, 5) is 11.0. The van der Waals surface area contributed by atoms with Crippen LogP contribution in [0.25, 0.3) is 0 Å². The fraction of sp³-hybridized carbons (Fsp3) is 0.462. The van der Waals surface area contributed by atoms with Gasteiger partial charge in [-0.15, -0.1) is 0 Å². The summed E-state index contributed by atoms with van der Waals surface area (Å²) >= 11 is 1.99. The molecule has 1 aromatic rings. The maximum atomic E-state index is 11.0. The Labute approximate surface area is 106 Å². The summed E-state index contributed by atoms with van der Waals surface area (Å²) < 4.78 is 0. The fourth-order valence-corrected chi connectivity index (χ4v) is 3.19. The smallest absolute Gasteiger partial charge is 0.336 e. The van der Waals surface area contributed by atoms with E-state index >= 15 is 0 Å². The second-order valence-corrected chi connectivity index (χ2v) is 5.54. The second kappa shape index (κ2) is 5.45. The summed E-state index contributed by atoms with van der Waals surface area (Å²) in [6.45, 7) is 1.86. The molecule has 17 heavy (non-hydrogen) atoms. The molecule has 92 valence electrons. The van der Waals surface area contributed by atoms with Gasteiger partial charge in [0.1, 0.15) is 0 Å². The Kier molecular flexibility index (Phi) is 3.94. The highest BCUT2D eigenvalue weighted by Crippen LogP contribution is 2.24. The lowest BCUT2D eigenvalue weighted by molar-refractivity contribution is 0.0696. The zero-order valence-corrected chi connectivity index (χ0v) is 10.7. The Morgan fingerprint density at radius 1 is 1.41 bits per heavy atom. The number of benzene rings is 1. The van der Waals surface area contributed by atoms with Crippen LogP contribution in [-0.4, -0.2) is 28.6 Å². The Hall–Kier alpha value is -1.16. The molecule has 1 aromatic carbocycles. The lowest BCUT2D eigenvalue weighted by Crippen LogP contribution is -2.25. The van der Waals surface area contributed by atoms with Crippen molar-refractivity contribution in [2.45, 2.75) is 25.8 Å². The highest BCUT2D eigenvalue weighted by molar-refractivity contribution is 7.99. The molecule has 1 aliphatic rings. The lowest BCUT2D eigenvalue weighted by atomic mass is 10.0. The first-order valence-corrected chi connectivity index (χ1v) is 7.01. The lowest BCUT2D eigenvalue weighted by Gasteiger charge is -2.24. The molecule has 0 unspecified atom stereocenters. The van der Waals surface area contributed by atoms with Crippen molar-refractivity contribution in [2.75, 3.05) is 16.8 Å². The molecule has 2 N–H and O–H groups in total. The summed E-state index contributed by atoms with van der Waals surface area (Å²) in [6.07, 6.45) is 2.31. The molecular weight excluding hydrogens is 234 g/mol. The van der Waals surface area contributed by atoms with Crippen molar-refractivity contribution in [1.29, 1.82) is 0 Å². The van der Waals surface area contributed by atoms with E-state index in [1.807, 2.05) is 24.8 Å². The molecule has 1 fully saturated rings. The van der Waals surface area contributed by atoms with Gasteiger partial charge in [-0.25, -0.2) is 4.79 Å². The van der Waals surface area contributed by atoms with Crippen molar-refractivity contribution in [2.24, 2.45) is 0 Å². The zero-order chi connectivity index (χ0) is 12.3. The number of hydrogen-bond donors (Lipinski definition) is 2. The molecule has 0 amide bonds. The molecule has 0 radical (unpaired) electrons. The molecular formula is C13H17NO2S. The Bertz CT molecular complexity index is 414. The largest absolute Gasteiger partial charge is 0.478 e. The van der Waals surface area contributed by atoms with Crippen LogP contribution >= 0.6 is 11.8 Å². The fourth-order valence-electron chi connectivity index (χ4n) is 2.09. The highest BCUT2D eigenvalue weighted by Gasteiger charge is 2.16. The number of rotatable bonds is 3. The molecule has 1 aliphatic heterocycles. The molecule has 0 aromatic heterocycles. The minimum Gasteiger partial charge on any atom is -0.478 e. The molecule has 2 rings (SSSR count). The number of hydrogen-bond acceptors (Lipinski definition) is 3. The molecule has 0 aliphatic carbocycles. The van der Waals surface area contributed by atoms with Crippen LogP contribution in [-0.2, 0) is 0 Å². The van der Waals surface area contributed by atoms with E-state index in [4.69, 9.17) is 5.11 Å². The zero-order valence-electron chi connectivity index (χ0n) is 9.90. The van der Waals surface area contributed by atoms with Crippen LogP contribution in [0.1, 0.15) is 28.8 Å². The summed E-state index contributed by atoms with van der Waals surface area (Å²) in [5.41, 5.74) is 2.18. The van der Waals surface area contributed by atoms with Crippen molar-refractivity contribution < 1.29 is 9.90 Å². The normalized spacial score (nSPS) is 16.8. The van der Waals surface area contributed by atoms with Gasteiger partial charge < -0.3 is 10.4 Å². The predicted molar refractivity (Wildman–Crippen MR) is 72.1 cm³/mol. The molecule has 0 spiro atoms. The second-order valence-electron chi connectivity index (χ2n) is 4.31. The minimum absolute atomic E-state index is 0.389. The van der Waals surface area contributed by atoms with E-state index in [-0.39, 0.29) is 0 Å². The Balaban J connectivity index is 2.15. The van der Waals surface area contributed by atoms with Crippen LogP contribution in [0.4, 0.5) is 5.69 Å². The van der Waals surface area contributed by atoms with Gasteiger partial charge in [0.15, 0.2) is 0 Å². The molecule has 0 saturated carbocycles.